The second-order valence-electron chi connectivity index (χ2n) is 5.62. The SMILES string of the molecule is NC(=O)N/N=C/c1ccc(N2CCN(C(=O)c3ccoc3)CC2)cc1. The fourth-order valence-corrected chi connectivity index (χ4v) is 2.68. The number of furan rings is 1. The Morgan fingerprint density at radius 3 is 2.44 bits per heavy atom. The zero-order chi connectivity index (χ0) is 17.6. The van der Waals surface area contributed by atoms with E-state index >= 15 is 0 Å². The van der Waals surface area contributed by atoms with E-state index in [1.807, 2.05) is 29.2 Å². The average Bonchev–Trinajstić information content (AvgIpc) is 3.16. The molecule has 3 rings (SSSR count). The van der Waals surface area contributed by atoms with E-state index in [1.54, 1.807) is 6.07 Å². The topological polar surface area (TPSA) is 104 Å². The molecule has 1 aliphatic rings. The second-order valence-corrected chi connectivity index (χ2v) is 5.62. The van der Waals surface area contributed by atoms with Gasteiger partial charge in [0, 0.05) is 31.9 Å². The first-order chi connectivity index (χ1) is 12.1. The molecule has 0 atom stereocenters. The van der Waals surface area contributed by atoms with Crippen LogP contribution in [0.1, 0.15) is 15.9 Å². The Labute approximate surface area is 144 Å². The highest BCUT2D eigenvalue weighted by Gasteiger charge is 2.22. The maximum Gasteiger partial charge on any atom is 0.332 e. The van der Waals surface area contributed by atoms with Crippen LogP contribution in [0.15, 0.2) is 52.4 Å². The molecule has 0 unspecified atom stereocenters. The molecule has 1 aliphatic heterocycles. The number of anilines is 1. The Hall–Kier alpha value is -3.29. The largest absolute Gasteiger partial charge is 0.472 e. The van der Waals surface area contributed by atoms with Crippen LogP contribution in [0.25, 0.3) is 0 Å². The molecule has 25 heavy (non-hydrogen) atoms. The van der Waals surface area contributed by atoms with E-state index in [-0.39, 0.29) is 5.91 Å². The van der Waals surface area contributed by atoms with Gasteiger partial charge in [0.25, 0.3) is 5.91 Å². The van der Waals surface area contributed by atoms with Crippen LogP contribution in [0.4, 0.5) is 10.5 Å². The van der Waals surface area contributed by atoms with Gasteiger partial charge in [0.05, 0.1) is 18.0 Å². The summed E-state index contributed by atoms with van der Waals surface area (Å²) in [5.41, 5.74) is 9.61. The second kappa shape index (κ2) is 7.52. The number of hydrogen-bond acceptors (Lipinski definition) is 5. The van der Waals surface area contributed by atoms with E-state index in [2.05, 4.69) is 15.4 Å². The number of piperazine rings is 1. The molecule has 0 aliphatic carbocycles. The van der Waals surface area contributed by atoms with Gasteiger partial charge in [-0.2, -0.15) is 5.10 Å². The lowest BCUT2D eigenvalue weighted by Gasteiger charge is -2.36. The van der Waals surface area contributed by atoms with E-state index in [4.69, 9.17) is 10.2 Å². The number of hydrazone groups is 1. The third-order valence-electron chi connectivity index (χ3n) is 3.98. The fourth-order valence-electron chi connectivity index (χ4n) is 2.68. The molecule has 3 N–H and O–H groups in total. The average molecular weight is 341 g/mol. The van der Waals surface area contributed by atoms with Gasteiger partial charge in [0.2, 0.25) is 0 Å². The molecule has 0 bridgehead atoms. The summed E-state index contributed by atoms with van der Waals surface area (Å²) in [4.78, 5) is 26.9. The van der Waals surface area contributed by atoms with Crippen molar-refractivity contribution in [2.24, 2.45) is 10.8 Å². The molecule has 0 radical (unpaired) electrons. The van der Waals surface area contributed by atoms with Crippen molar-refractivity contribution in [3.8, 4) is 0 Å². The number of urea groups is 1. The summed E-state index contributed by atoms with van der Waals surface area (Å²) in [6, 6.07) is 8.77. The highest BCUT2D eigenvalue weighted by Crippen LogP contribution is 2.18. The van der Waals surface area contributed by atoms with E-state index in [0.29, 0.717) is 18.7 Å². The fraction of sp³-hybridized carbons (Fsp3) is 0.235. The number of nitrogens with two attached hydrogens (primary N) is 1. The standard InChI is InChI=1S/C17H19N5O3/c18-17(24)20-19-11-13-1-3-15(4-2-13)21-6-8-22(9-7-21)16(23)14-5-10-25-12-14/h1-5,10-12H,6-9H2,(H3,18,20,24)/b19-11+. The number of rotatable bonds is 4. The normalized spacial score (nSPS) is 14.7. The number of nitrogens with one attached hydrogen (secondary N) is 1. The van der Waals surface area contributed by atoms with Crippen molar-refractivity contribution in [1.82, 2.24) is 10.3 Å². The highest BCUT2D eigenvalue weighted by molar-refractivity contribution is 5.94. The van der Waals surface area contributed by atoms with Crippen LogP contribution in [0.2, 0.25) is 0 Å². The first-order valence-electron chi connectivity index (χ1n) is 7.88. The van der Waals surface area contributed by atoms with Crippen LogP contribution in [-0.2, 0) is 0 Å². The molecule has 0 spiro atoms. The van der Waals surface area contributed by atoms with E-state index in [1.165, 1.54) is 18.7 Å². The van der Waals surface area contributed by atoms with Gasteiger partial charge in [0.15, 0.2) is 0 Å². The Kier molecular flexibility index (Phi) is 4.98. The number of amides is 3. The summed E-state index contributed by atoms with van der Waals surface area (Å²) >= 11 is 0. The van der Waals surface area contributed by atoms with Crippen LogP contribution in [0.5, 0.6) is 0 Å². The molecule has 2 aromatic rings. The molecular formula is C17H19N5O3. The zero-order valence-electron chi connectivity index (χ0n) is 13.6. The smallest absolute Gasteiger partial charge is 0.332 e. The molecule has 8 nitrogen and oxygen atoms in total. The molecular weight excluding hydrogens is 322 g/mol. The molecule has 3 amide bonds. The zero-order valence-corrected chi connectivity index (χ0v) is 13.6. The van der Waals surface area contributed by atoms with Crippen molar-refractivity contribution in [3.63, 3.8) is 0 Å². The lowest BCUT2D eigenvalue weighted by molar-refractivity contribution is 0.0746. The van der Waals surface area contributed by atoms with Crippen LogP contribution < -0.4 is 16.1 Å². The number of nitrogens with zero attached hydrogens (tertiary/aromatic N) is 3. The highest BCUT2D eigenvalue weighted by atomic mass is 16.3. The summed E-state index contributed by atoms with van der Waals surface area (Å²) in [7, 11) is 0. The van der Waals surface area contributed by atoms with Crippen molar-refractivity contribution >= 4 is 23.8 Å². The van der Waals surface area contributed by atoms with Crippen LogP contribution in [-0.4, -0.2) is 49.2 Å². The van der Waals surface area contributed by atoms with Gasteiger partial charge in [0.1, 0.15) is 6.26 Å². The van der Waals surface area contributed by atoms with Crippen LogP contribution in [0.3, 0.4) is 0 Å². The molecule has 0 saturated carbocycles. The summed E-state index contributed by atoms with van der Waals surface area (Å²) in [5.74, 6) is 0.00177. The molecule has 8 heteroatoms. The lowest BCUT2D eigenvalue weighted by Crippen LogP contribution is -2.48. The number of benzene rings is 1. The molecule has 1 saturated heterocycles. The Morgan fingerprint density at radius 2 is 1.84 bits per heavy atom. The number of carbonyl (C=O) groups is 2. The minimum Gasteiger partial charge on any atom is -0.472 e. The van der Waals surface area contributed by atoms with Gasteiger partial charge in [-0.25, -0.2) is 10.2 Å². The lowest BCUT2D eigenvalue weighted by atomic mass is 10.2. The van der Waals surface area contributed by atoms with Gasteiger partial charge in [-0.05, 0) is 23.8 Å². The Balaban J connectivity index is 1.55. The van der Waals surface area contributed by atoms with Crippen molar-refractivity contribution in [2.75, 3.05) is 31.1 Å². The molecule has 130 valence electrons. The van der Waals surface area contributed by atoms with Gasteiger partial charge in [-0.3, -0.25) is 4.79 Å². The van der Waals surface area contributed by atoms with E-state index < -0.39 is 6.03 Å². The van der Waals surface area contributed by atoms with Gasteiger partial charge < -0.3 is 20.0 Å². The maximum absolute atomic E-state index is 12.3. The van der Waals surface area contributed by atoms with Gasteiger partial charge in [-0.15, -0.1) is 0 Å². The first-order valence-corrected chi connectivity index (χ1v) is 7.88. The predicted octanol–water partition coefficient (Wildman–Crippen LogP) is 1.24. The first kappa shape index (κ1) is 16.6. The summed E-state index contributed by atoms with van der Waals surface area (Å²) in [5, 5.41) is 3.72. The van der Waals surface area contributed by atoms with Gasteiger partial charge in [-0.1, -0.05) is 12.1 Å². The molecule has 1 aromatic carbocycles. The maximum atomic E-state index is 12.3. The van der Waals surface area contributed by atoms with E-state index in [0.717, 1.165) is 24.3 Å². The third kappa shape index (κ3) is 4.17. The van der Waals surface area contributed by atoms with Gasteiger partial charge >= 0.3 is 6.03 Å². The summed E-state index contributed by atoms with van der Waals surface area (Å²) < 4.78 is 4.97. The van der Waals surface area contributed by atoms with E-state index in [9.17, 15) is 9.59 Å². The van der Waals surface area contributed by atoms with Crippen molar-refractivity contribution in [3.05, 3.63) is 54.0 Å². The minimum atomic E-state index is -0.698. The number of primary amides is 1. The minimum absolute atomic E-state index is 0.00177. The quantitative estimate of drug-likeness (QED) is 0.645. The third-order valence-corrected chi connectivity index (χ3v) is 3.98. The molecule has 1 aromatic heterocycles. The van der Waals surface area contributed by atoms with Crippen LogP contribution >= 0.6 is 0 Å². The van der Waals surface area contributed by atoms with Crippen molar-refractivity contribution in [2.45, 2.75) is 0 Å². The van der Waals surface area contributed by atoms with Crippen molar-refractivity contribution in [1.29, 1.82) is 0 Å². The summed E-state index contributed by atoms with van der Waals surface area (Å²) in [6.45, 7) is 2.85. The number of hydrogen-bond donors (Lipinski definition) is 2. The predicted molar refractivity (Wildman–Crippen MR) is 93.6 cm³/mol. The van der Waals surface area contributed by atoms with Crippen molar-refractivity contribution < 1.29 is 14.0 Å². The molecule has 1 fully saturated rings. The Morgan fingerprint density at radius 1 is 1.12 bits per heavy atom. The summed E-state index contributed by atoms with van der Waals surface area (Å²) in [6.07, 6.45) is 4.51. The number of carbonyl (C=O) groups excluding carboxylic acids is 2. The Bertz CT molecular complexity index is 747. The van der Waals surface area contributed by atoms with Crippen LogP contribution in [0, 0.1) is 0 Å². The molecule has 2 heterocycles. The monoisotopic (exact) mass is 341 g/mol.